The molecular weight excluding hydrogens is 264 g/mol. The first-order valence-corrected chi connectivity index (χ1v) is 7.57. The van der Waals surface area contributed by atoms with Crippen molar-refractivity contribution in [2.75, 3.05) is 5.32 Å². The van der Waals surface area contributed by atoms with Gasteiger partial charge in [0.05, 0.1) is 23.0 Å². The largest absolute Gasteiger partial charge is 0.374 e. The third-order valence-electron chi connectivity index (χ3n) is 3.78. The summed E-state index contributed by atoms with van der Waals surface area (Å²) in [5.74, 6) is -0.0852. The maximum absolute atomic E-state index is 12.2. The van der Waals surface area contributed by atoms with E-state index < -0.39 is 11.0 Å². The van der Waals surface area contributed by atoms with Crippen LogP contribution in [0.2, 0.25) is 0 Å². The Kier molecular flexibility index (Phi) is 3.38. The van der Waals surface area contributed by atoms with Crippen molar-refractivity contribution in [2.24, 2.45) is 11.1 Å². The summed E-state index contributed by atoms with van der Waals surface area (Å²) in [5.41, 5.74) is 0.629. The van der Waals surface area contributed by atoms with Crippen molar-refractivity contribution < 1.29 is 13.7 Å². The fraction of sp³-hybridized carbons (Fsp3) is 0.462. The molecule has 2 fully saturated rings. The normalized spacial score (nSPS) is 30.3. The van der Waals surface area contributed by atoms with Crippen molar-refractivity contribution in [1.29, 1.82) is 0 Å². The lowest BCUT2D eigenvalue weighted by Gasteiger charge is -2.18. The van der Waals surface area contributed by atoms with Crippen LogP contribution in [0.3, 0.4) is 0 Å². The standard InChI is InChI=1S/C13H16N2O3S/c14-19(17)10-3-1-2-8(6-10)15-13(16)11-7-9-4-5-12(11)18-9/h1-3,6,9,11-12H,4-5,7,14H2,(H,15,16). The van der Waals surface area contributed by atoms with Crippen LogP contribution in [-0.4, -0.2) is 22.3 Å². The Bertz CT molecular complexity index is 534. The van der Waals surface area contributed by atoms with Crippen LogP contribution in [0.1, 0.15) is 19.3 Å². The van der Waals surface area contributed by atoms with Gasteiger partial charge in [0.15, 0.2) is 0 Å². The van der Waals surface area contributed by atoms with Crippen LogP contribution >= 0.6 is 0 Å². The quantitative estimate of drug-likeness (QED) is 0.872. The summed E-state index contributed by atoms with van der Waals surface area (Å²) in [6, 6.07) is 6.81. The second-order valence-electron chi connectivity index (χ2n) is 5.03. The summed E-state index contributed by atoms with van der Waals surface area (Å²) < 4.78 is 16.9. The van der Waals surface area contributed by atoms with Crippen LogP contribution in [0, 0.1) is 5.92 Å². The molecule has 2 aliphatic heterocycles. The van der Waals surface area contributed by atoms with E-state index in [4.69, 9.17) is 9.88 Å². The second-order valence-corrected chi connectivity index (χ2v) is 6.10. The Labute approximate surface area is 114 Å². The number of ether oxygens (including phenoxy) is 1. The minimum Gasteiger partial charge on any atom is -0.374 e. The van der Waals surface area contributed by atoms with Crippen LogP contribution in [0.15, 0.2) is 29.2 Å². The number of carbonyl (C=O) groups excluding carboxylic acids is 1. The number of fused-ring (bicyclic) bond motifs is 2. The predicted octanol–water partition coefficient (Wildman–Crippen LogP) is 1.17. The van der Waals surface area contributed by atoms with E-state index in [1.807, 2.05) is 0 Å². The lowest BCUT2D eigenvalue weighted by atomic mass is 9.88. The molecule has 2 heterocycles. The molecule has 4 unspecified atom stereocenters. The van der Waals surface area contributed by atoms with Gasteiger partial charge >= 0.3 is 0 Å². The van der Waals surface area contributed by atoms with Crippen LogP contribution < -0.4 is 10.5 Å². The van der Waals surface area contributed by atoms with Gasteiger partial charge in [0, 0.05) is 5.69 Å². The number of anilines is 1. The van der Waals surface area contributed by atoms with Gasteiger partial charge in [-0.25, -0.2) is 9.35 Å². The molecule has 3 N–H and O–H groups in total. The Hall–Kier alpha value is -1.24. The molecule has 0 radical (unpaired) electrons. The Morgan fingerprint density at radius 3 is 2.89 bits per heavy atom. The van der Waals surface area contributed by atoms with Crippen molar-refractivity contribution in [3.05, 3.63) is 24.3 Å². The molecule has 4 atom stereocenters. The molecule has 0 spiro atoms. The average molecular weight is 280 g/mol. The maximum atomic E-state index is 12.2. The van der Waals surface area contributed by atoms with Gasteiger partial charge < -0.3 is 10.1 Å². The minimum atomic E-state index is -1.53. The summed E-state index contributed by atoms with van der Waals surface area (Å²) in [6.07, 6.45) is 3.16. The zero-order chi connectivity index (χ0) is 13.4. The molecule has 1 aromatic rings. The number of hydrogen-bond donors (Lipinski definition) is 2. The van der Waals surface area contributed by atoms with E-state index in [2.05, 4.69) is 5.32 Å². The zero-order valence-electron chi connectivity index (χ0n) is 10.4. The van der Waals surface area contributed by atoms with E-state index in [9.17, 15) is 9.00 Å². The molecule has 2 aliphatic rings. The molecule has 2 saturated heterocycles. The summed E-state index contributed by atoms with van der Waals surface area (Å²) >= 11 is 0. The molecular formula is C13H16N2O3S. The fourth-order valence-electron chi connectivity index (χ4n) is 2.85. The molecule has 2 bridgehead atoms. The SMILES string of the molecule is NS(=O)c1cccc(NC(=O)C2CC3CCC2O3)c1. The van der Waals surface area contributed by atoms with Gasteiger partial charge in [-0.05, 0) is 37.5 Å². The molecule has 1 amide bonds. The molecule has 5 nitrogen and oxygen atoms in total. The molecule has 6 heteroatoms. The van der Waals surface area contributed by atoms with Crippen molar-refractivity contribution in [3.8, 4) is 0 Å². The highest BCUT2D eigenvalue weighted by Gasteiger charge is 2.44. The van der Waals surface area contributed by atoms with Gasteiger partial charge in [0.2, 0.25) is 5.91 Å². The Morgan fingerprint density at radius 2 is 2.26 bits per heavy atom. The first-order chi connectivity index (χ1) is 9.13. The van der Waals surface area contributed by atoms with Gasteiger partial charge in [0.1, 0.15) is 11.0 Å². The van der Waals surface area contributed by atoms with E-state index in [1.54, 1.807) is 24.3 Å². The van der Waals surface area contributed by atoms with Crippen molar-refractivity contribution in [1.82, 2.24) is 0 Å². The molecule has 0 saturated carbocycles. The van der Waals surface area contributed by atoms with Gasteiger partial charge in [0.25, 0.3) is 0 Å². The summed E-state index contributed by atoms with van der Waals surface area (Å²) in [7, 11) is -1.53. The smallest absolute Gasteiger partial charge is 0.230 e. The van der Waals surface area contributed by atoms with Crippen LogP contribution in [0.5, 0.6) is 0 Å². The summed E-state index contributed by atoms with van der Waals surface area (Å²) in [6.45, 7) is 0. The van der Waals surface area contributed by atoms with Crippen molar-refractivity contribution in [2.45, 2.75) is 36.4 Å². The highest BCUT2D eigenvalue weighted by atomic mass is 32.2. The Morgan fingerprint density at radius 1 is 1.42 bits per heavy atom. The van der Waals surface area contributed by atoms with Crippen molar-refractivity contribution >= 4 is 22.6 Å². The number of nitrogens with two attached hydrogens (primary N) is 1. The second kappa shape index (κ2) is 5.03. The summed E-state index contributed by atoms with van der Waals surface area (Å²) in [5, 5.41) is 8.18. The molecule has 0 aliphatic carbocycles. The van der Waals surface area contributed by atoms with E-state index in [0.29, 0.717) is 10.6 Å². The number of rotatable bonds is 3. The first kappa shape index (κ1) is 12.8. The molecule has 3 rings (SSSR count). The third-order valence-corrected chi connectivity index (χ3v) is 4.50. The molecule has 102 valence electrons. The zero-order valence-corrected chi connectivity index (χ0v) is 11.2. The van der Waals surface area contributed by atoms with Gasteiger partial charge in [-0.3, -0.25) is 4.79 Å². The maximum Gasteiger partial charge on any atom is 0.230 e. The molecule has 1 aromatic carbocycles. The predicted molar refractivity (Wildman–Crippen MR) is 71.7 cm³/mol. The van der Waals surface area contributed by atoms with Crippen LogP contribution in [-0.2, 0) is 20.5 Å². The number of carbonyl (C=O) groups is 1. The number of hydrogen-bond acceptors (Lipinski definition) is 3. The lowest BCUT2D eigenvalue weighted by molar-refractivity contribution is -0.121. The van der Waals surface area contributed by atoms with E-state index >= 15 is 0 Å². The number of nitrogens with one attached hydrogen (secondary N) is 1. The van der Waals surface area contributed by atoms with Gasteiger partial charge in [-0.15, -0.1) is 0 Å². The highest BCUT2D eigenvalue weighted by molar-refractivity contribution is 7.82. The minimum absolute atomic E-state index is 0.0212. The number of amides is 1. The highest BCUT2D eigenvalue weighted by Crippen LogP contribution is 2.39. The Balaban J connectivity index is 1.69. The van der Waals surface area contributed by atoms with Crippen LogP contribution in [0.25, 0.3) is 0 Å². The average Bonchev–Trinajstić information content (AvgIpc) is 3.01. The summed E-state index contributed by atoms with van der Waals surface area (Å²) in [4.78, 5) is 12.7. The van der Waals surface area contributed by atoms with Gasteiger partial charge in [-0.1, -0.05) is 6.07 Å². The van der Waals surface area contributed by atoms with Crippen molar-refractivity contribution in [3.63, 3.8) is 0 Å². The van der Waals surface area contributed by atoms with E-state index in [1.165, 1.54) is 0 Å². The molecule has 0 aromatic heterocycles. The third kappa shape index (κ3) is 2.56. The van der Waals surface area contributed by atoms with E-state index in [0.717, 1.165) is 19.3 Å². The number of benzene rings is 1. The first-order valence-electron chi connectivity index (χ1n) is 6.36. The van der Waals surface area contributed by atoms with Gasteiger partial charge in [-0.2, -0.15) is 0 Å². The lowest BCUT2D eigenvalue weighted by Crippen LogP contribution is -2.30. The monoisotopic (exact) mass is 280 g/mol. The molecule has 19 heavy (non-hydrogen) atoms. The fourth-order valence-corrected chi connectivity index (χ4v) is 3.30. The van der Waals surface area contributed by atoms with Crippen LogP contribution in [0.4, 0.5) is 5.69 Å². The van der Waals surface area contributed by atoms with E-state index in [-0.39, 0.29) is 24.0 Å². The topological polar surface area (TPSA) is 81.4 Å².